The van der Waals surface area contributed by atoms with Gasteiger partial charge in [-0.25, -0.2) is 0 Å². The number of alkyl halides is 2. The van der Waals surface area contributed by atoms with Crippen molar-refractivity contribution in [1.29, 1.82) is 0 Å². The van der Waals surface area contributed by atoms with Gasteiger partial charge in [0.15, 0.2) is 0 Å². The molecule has 2 heterocycles. The van der Waals surface area contributed by atoms with E-state index < -0.39 is 0 Å². The predicted molar refractivity (Wildman–Crippen MR) is 81.8 cm³/mol. The average molecular weight is 348 g/mol. The van der Waals surface area contributed by atoms with Crippen molar-refractivity contribution in [3.8, 4) is 12.3 Å². The minimum Gasteiger partial charge on any atom is -0.371 e. The number of halogens is 2. The molecule has 0 saturated carbocycles. The van der Waals surface area contributed by atoms with Crippen molar-refractivity contribution in [2.75, 3.05) is 0 Å². The minimum absolute atomic E-state index is 0.0467. The molecule has 0 radical (unpaired) electrons. The molecule has 4 heteroatoms. The van der Waals surface area contributed by atoms with Crippen LogP contribution in [0.1, 0.15) is 32.6 Å². The molecule has 0 aromatic heterocycles. The third-order valence-corrected chi connectivity index (χ3v) is 5.24. The summed E-state index contributed by atoms with van der Waals surface area (Å²) < 4.78 is 12.1. The molecule has 0 spiro atoms. The fourth-order valence-corrected chi connectivity index (χ4v) is 3.99. The third kappa shape index (κ3) is 3.76. The molecule has 2 rings (SSSR count). The van der Waals surface area contributed by atoms with E-state index in [1.807, 2.05) is 6.08 Å². The molecule has 2 nitrogen and oxygen atoms in total. The Hall–Kier alpha value is -0.0100. The van der Waals surface area contributed by atoms with Gasteiger partial charge in [0.2, 0.25) is 0 Å². The average Bonchev–Trinajstić information content (AvgIpc) is 2.93. The number of hydrogen-bond donors (Lipinski definition) is 0. The van der Waals surface area contributed by atoms with Gasteiger partial charge in [-0.05, 0) is 31.8 Å². The second kappa shape index (κ2) is 7.13. The van der Waals surface area contributed by atoms with Crippen LogP contribution in [0.15, 0.2) is 12.2 Å². The Bertz CT molecular complexity index is 366. The second-order valence-corrected chi connectivity index (χ2v) is 6.88. The van der Waals surface area contributed by atoms with E-state index in [0.29, 0.717) is 10.9 Å². The van der Waals surface area contributed by atoms with Gasteiger partial charge in [-0.2, -0.15) is 0 Å². The van der Waals surface area contributed by atoms with E-state index in [1.165, 1.54) is 0 Å². The lowest BCUT2D eigenvalue weighted by atomic mass is 10.1. The number of ether oxygens (including phenoxy) is 2. The summed E-state index contributed by atoms with van der Waals surface area (Å²) in [5, 5.41) is 0.0467. The Morgan fingerprint density at radius 2 is 2.00 bits per heavy atom. The summed E-state index contributed by atoms with van der Waals surface area (Å²) in [6.45, 7) is 2.15. The SMILES string of the molecule is C#CC=CCC1OC(C2CC(Br)C(CC)O2)CC1Cl. The summed E-state index contributed by atoms with van der Waals surface area (Å²) in [7, 11) is 0. The summed E-state index contributed by atoms with van der Waals surface area (Å²) in [6.07, 6.45) is 13.1. The van der Waals surface area contributed by atoms with Gasteiger partial charge in [0.05, 0.1) is 29.8 Å². The molecule has 2 aliphatic rings. The predicted octanol–water partition coefficient (Wildman–Crippen LogP) is 3.66. The molecule has 6 unspecified atom stereocenters. The Morgan fingerprint density at radius 1 is 1.32 bits per heavy atom. The fourth-order valence-electron chi connectivity index (χ4n) is 2.78. The van der Waals surface area contributed by atoms with Gasteiger partial charge in [-0.1, -0.05) is 34.9 Å². The molecule has 0 aromatic carbocycles. The van der Waals surface area contributed by atoms with Crippen LogP contribution >= 0.6 is 27.5 Å². The van der Waals surface area contributed by atoms with Crippen molar-refractivity contribution in [3.05, 3.63) is 12.2 Å². The molecule has 0 aromatic rings. The first-order chi connectivity index (χ1) is 9.15. The Labute approximate surface area is 129 Å². The van der Waals surface area contributed by atoms with E-state index in [1.54, 1.807) is 6.08 Å². The van der Waals surface area contributed by atoms with E-state index in [9.17, 15) is 0 Å². The molecule has 0 bridgehead atoms. The Kier molecular flexibility index (Phi) is 5.77. The van der Waals surface area contributed by atoms with Crippen LogP contribution in [0.2, 0.25) is 0 Å². The van der Waals surface area contributed by atoms with Crippen molar-refractivity contribution in [3.63, 3.8) is 0 Å². The zero-order valence-electron chi connectivity index (χ0n) is 11.1. The Morgan fingerprint density at radius 3 is 2.63 bits per heavy atom. The van der Waals surface area contributed by atoms with Crippen LogP contribution in [-0.4, -0.2) is 34.6 Å². The van der Waals surface area contributed by atoms with Crippen LogP contribution in [0.3, 0.4) is 0 Å². The molecule has 0 amide bonds. The van der Waals surface area contributed by atoms with E-state index >= 15 is 0 Å². The lowest BCUT2D eigenvalue weighted by Crippen LogP contribution is -2.26. The molecule has 106 valence electrons. The van der Waals surface area contributed by atoms with Gasteiger partial charge in [-0.15, -0.1) is 18.0 Å². The number of terminal acetylenes is 1. The highest BCUT2D eigenvalue weighted by atomic mass is 79.9. The maximum atomic E-state index is 6.36. The van der Waals surface area contributed by atoms with E-state index in [-0.39, 0.29) is 23.7 Å². The molecular weight excluding hydrogens is 328 g/mol. The number of allylic oxidation sites excluding steroid dienone is 1. The second-order valence-electron chi connectivity index (χ2n) is 5.14. The Balaban J connectivity index is 1.87. The van der Waals surface area contributed by atoms with Gasteiger partial charge in [0.1, 0.15) is 0 Å². The highest BCUT2D eigenvalue weighted by Crippen LogP contribution is 2.37. The highest BCUT2D eigenvalue weighted by Gasteiger charge is 2.43. The maximum absolute atomic E-state index is 6.36. The highest BCUT2D eigenvalue weighted by molar-refractivity contribution is 9.09. The first-order valence-corrected chi connectivity index (χ1v) is 8.21. The normalized spacial score (nSPS) is 42.8. The van der Waals surface area contributed by atoms with Crippen LogP contribution in [0.5, 0.6) is 0 Å². The summed E-state index contributed by atoms with van der Waals surface area (Å²) in [4.78, 5) is 0.431. The van der Waals surface area contributed by atoms with Gasteiger partial charge in [0.25, 0.3) is 0 Å². The topological polar surface area (TPSA) is 18.5 Å². The molecule has 2 saturated heterocycles. The zero-order valence-corrected chi connectivity index (χ0v) is 13.4. The lowest BCUT2D eigenvalue weighted by Gasteiger charge is -2.19. The standard InChI is InChI=1S/C15H20BrClO2/c1-3-5-6-7-13-11(17)9-15(19-13)14-8-10(16)12(4-2)18-14/h1,5-6,10-15H,4,7-9H2,2H3. The number of rotatable bonds is 4. The lowest BCUT2D eigenvalue weighted by molar-refractivity contribution is -0.0641. The van der Waals surface area contributed by atoms with Crippen molar-refractivity contribution in [1.82, 2.24) is 0 Å². The van der Waals surface area contributed by atoms with Gasteiger partial charge < -0.3 is 9.47 Å². The molecule has 0 aliphatic carbocycles. The first-order valence-electron chi connectivity index (χ1n) is 6.85. The number of hydrogen-bond acceptors (Lipinski definition) is 2. The zero-order chi connectivity index (χ0) is 13.8. The first kappa shape index (κ1) is 15.4. The van der Waals surface area contributed by atoms with Gasteiger partial charge in [-0.3, -0.25) is 0 Å². The van der Waals surface area contributed by atoms with Crippen LogP contribution < -0.4 is 0 Å². The maximum Gasteiger partial charge on any atom is 0.0856 e. The molecular formula is C15H20BrClO2. The molecule has 6 atom stereocenters. The van der Waals surface area contributed by atoms with E-state index in [4.69, 9.17) is 27.5 Å². The van der Waals surface area contributed by atoms with E-state index in [0.717, 1.165) is 25.7 Å². The molecule has 2 aliphatic heterocycles. The van der Waals surface area contributed by atoms with Crippen LogP contribution in [0.25, 0.3) is 0 Å². The molecule has 19 heavy (non-hydrogen) atoms. The summed E-state index contributed by atoms with van der Waals surface area (Å²) >= 11 is 10.0. The van der Waals surface area contributed by atoms with Crippen LogP contribution in [0, 0.1) is 12.3 Å². The minimum atomic E-state index is 0.0467. The third-order valence-electron chi connectivity index (χ3n) is 3.82. The summed E-state index contributed by atoms with van der Waals surface area (Å²) in [6, 6.07) is 0. The fraction of sp³-hybridized carbons (Fsp3) is 0.733. The van der Waals surface area contributed by atoms with Crippen LogP contribution in [-0.2, 0) is 9.47 Å². The van der Waals surface area contributed by atoms with Crippen molar-refractivity contribution in [2.45, 2.75) is 67.2 Å². The quantitative estimate of drug-likeness (QED) is 0.571. The smallest absolute Gasteiger partial charge is 0.0856 e. The van der Waals surface area contributed by atoms with Crippen molar-refractivity contribution >= 4 is 27.5 Å². The van der Waals surface area contributed by atoms with Crippen LogP contribution in [0.4, 0.5) is 0 Å². The molecule has 0 N–H and O–H groups in total. The monoisotopic (exact) mass is 346 g/mol. The van der Waals surface area contributed by atoms with Gasteiger partial charge in [0, 0.05) is 4.83 Å². The summed E-state index contributed by atoms with van der Waals surface area (Å²) in [5.74, 6) is 2.48. The molecule has 2 fully saturated rings. The van der Waals surface area contributed by atoms with Gasteiger partial charge >= 0.3 is 0 Å². The van der Waals surface area contributed by atoms with Crippen molar-refractivity contribution < 1.29 is 9.47 Å². The largest absolute Gasteiger partial charge is 0.371 e. The van der Waals surface area contributed by atoms with E-state index in [2.05, 4.69) is 28.8 Å². The summed E-state index contributed by atoms with van der Waals surface area (Å²) in [5.41, 5.74) is 0. The van der Waals surface area contributed by atoms with Crippen molar-refractivity contribution in [2.24, 2.45) is 0 Å².